The molecule has 0 bridgehead atoms. The van der Waals surface area contributed by atoms with Crippen molar-refractivity contribution < 1.29 is 0 Å². The summed E-state index contributed by atoms with van der Waals surface area (Å²) < 4.78 is 2.11. The summed E-state index contributed by atoms with van der Waals surface area (Å²) in [5.41, 5.74) is 1.16. The van der Waals surface area contributed by atoms with Gasteiger partial charge in [0.05, 0.1) is 0 Å². The highest BCUT2D eigenvalue weighted by atomic mass is 15.2. The third kappa shape index (κ3) is 2.18. The molecular formula is C14H17N3. The molecule has 1 aromatic heterocycles. The van der Waals surface area contributed by atoms with Gasteiger partial charge in [-0.1, -0.05) is 31.0 Å². The van der Waals surface area contributed by atoms with Crippen LogP contribution in [0, 0.1) is 0 Å². The molecule has 1 fully saturated rings. The second kappa shape index (κ2) is 4.62. The normalized spacial score (nSPS) is 16.2. The zero-order chi connectivity index (χ0) is 11.5. The number of hydrogen-bond acceptors (Lipinski definition) is 2. The molecule has 3 nitrogen and oxygen atoms in total. The summed E-state index contributed by atoms with van der Waals surface area (Å²) in [6, 6.07) is 10.9. The van der Waals surface area contributed by atoms with Crippen molar-refractivity contribution in [2.45, 2.75) is 31.7 Å². The van der Waals surface area contributed by atoms with Crippen molar-refractivity contribution >= 4 is 5.95 Å². The lowest BCUT2D eigenvalue weighted by Gasteiger charge is -2.14. The summed E-state index contributed by atoms with van der Waals surface area (Å²) in [5.74, 6) is 0.961. The number of para-hydroxylation sites is 1. The third-order valence-electron chi connectivity index (χ3n) is 3.36. The maximum atomic E-state index is 4.41. The van der Waals surface area contributed by atoms with Crippen molar-refractivity contribution in [2.24, 2.45) is 0 Å². The van der Waals surface area contributed by atoms with E-state index in [2.05, 4.69) is 39.1 Å². The zero-order valence-corrected chi connectivity index (χ0v) is 9.84. The van der Waals surface area contributed by atoms with E-state index in [0.29, 0.717) is 6.04 Å². The van der Waals surface area contributed by atoms with Crippen molar-refractivity contribution in [3.8, 4) is 5.69 Å². The minimum Gasteiger partial charge on any atom is -0.353 e. The molecule has 0 aliphatic heterocycles. The van der Waals surface area contributed by atoms with Crippen molar-refractivity contribution in [3.63, 3.8) is 0 Å². The van der Waals surface area contributed by atoms with Gasteiger partial charge in [-0.15, -0.1) is 0 Å². The van der Waals surface area contributed by atoms with Crippen LogP contribution in [0.1, 0.15) is 25.7 Å². The Morgan fingerprint density at radius 2 is 1.88 bits per heavy atom. The fourth-order valence-corrected chi connectivity index (χ4v) is 2.46. The number of hydrogen-bond donors (Lipinski definition) is 1. The summed E-state index contributed by atoms with van der Waals surface area (Å²) in [6.07, 6.45) is 9.06. The van der Waals surface area contributed by atoms with Crippen LogP contribution in [0.15, 0.2) is 42.7 Å². The maximum absolute atomic E-state index is 4.41. The maximum Gasteiger partial charge on any atom is 0.207 e. The molecule has 0 atom stereocenters. The number of imidazole rings is 1. The van der Waals surface area contributed by atoms with Crippen molar-refractivity contribution in [1.82, 2.24) is 9.55 Å². The van der Waals surface area contributed by atoms with Gasteiger partial charge in [0.2, 0.25) is 5.95 Å². The van der Waals surface area contributed by atoms with Crippen LogP contribution < -0.4 is 5.32 Å². The highest BCUT2D eigenvalue weighted by Crippen LogP contribution is 2.22. The van der Waals surface area contributed by atoms with Gasteiger partial charge in [0, 0.05) is 24.1 Å². The molecule has 1 heterocycles. The van der Waals surface area contributed by atoms with E-state index in [4.69, 9.17) is 0 Å². The first-order valence-corrected chi connectivity index (χ1v) is 6.29. The molecule has 1 saturated carbocycles. The van der Waals surface area contributed by atoms with Gasteiger partial charge < -0.3 is 5.32 Å². The summed E-state index contributed by atoms with van der Waals surface area (Å²) in [4.78, 5) is 4.41. The predicted octanol–water partition coefficient (Wildman–Crippen LogP) is 3.23. The number of anilines is 1. The number of nitrogens with zero attached hydrogens (tertiary/aromatic N) is 2. The monoisotopic (exact) mass is 227 g/mol. The second-order valence-corrected chi connectivity index (χ2v) is 4.58. The van der Waals surface area contributed by atoms with Gasteiger partial charge in [-0.05, 0) is 25.0 Å². The lowest BCUT2D eigenvalue weighted by Crippen LogP contribution is -2.17. The van der Waals surface area contributed by atoms with Crippen LogP contribution >= 0.6 is 0 Å². The van der Waals surface area contributed by atoms with Gasteiger partial charge in [0.25, 0.3) is 0 Å². The van der Waals surface area contributed by atoms with Crippen molar-refractivity contribution in [1.29, 1.82) is 0 Å². The van der Waals surface area contributed by atoms with Gasteiger partial charge >= 0.3 is 0 Å². The minimum atomic E-state index is 0.597. The van der Waals surface area contributed by atoms with Gasteiger partial charge in [-0.25, -0.2) is 4.98 Å². The highest BCUT2D eigenvalue weighted by Gasteiger charge is 2.16. The average molecular weight is 227 g/mol. The van der Waals surface area contributed by atoms with E-state index in [1.54, 1.807) is 0 Å². The SMILES string of the molecule is c1ccc(-n2ccnc2NC2CCCC2)cc1. The Bertz CT molecular complexity index is 469. The minimum absolute atomic E-state index is 0.597. The Labute approximate surface area is 101 Å². The molecule has 1 aliphatic carbocycles. The molecular weight excluding hydrogens is 210 g/mol. The smallest absolute Gasteiger partial charge is 0.207 e. The number of rotatable bonds is 3. The van der Waals surface area contributed by atoms with E-state index < -0.39 is 0 Å². The van der Waals surface area contributed by atoms with Gasteiger partial charge in [-0.3, -0.25) is 4.57 Å². The van der Waals surface area contributed by atoms with E-state index in [-0.39, 0.29) is 0 Å². The fraction of sp³-hybridized carbons (Fsp3) is 0.357. The van der Waals surface area contributed by atoms with Gasteiger partial charge in [0.1, 0.15) is 0 Å². The molecule has 1 aliphatic rings. The molecule has 0 amide bonds. The Morgan fingerprint density at radius 1 is 1.12 bits per heavy atom. The Hall–Kier alpha value is -1.77. The molecule has 3 heteroatoms. The van der Waals surface area contributed by atoms with E-state index in [1.165, 1.54) is 25.7 Å². The van der Waals surface area contributed by atoms with Crippen LogP contribution in [-0.2, 0) is 0 Å². The summed E-state index contributed by atoms with van der Waals surface area (Å²) >= 11 is 0. The molecule has 17 heavy (non-hydrogen) atoms. The Morgan fingerprint density at radius 3 is 2.65 bits per heavy atom. The van der Waals surface area contributed by atoms with Crippen molar-refractivity contribution in [2.75, 3.05) is 5.32 Å². The Kier molecular flexibility index (Phi) is 2.82. The first-order valence-electron chi connectivity index (χ1n) is 6.29. The largest absolute Gasteiger partial charge is 0.353 e. The van der Waals surface area contributed by atoms with Crippen LogP contribution in [0.3, 0.4) is 0 Å². The molecule has 3 rings (SSSR count). The van der Waals surface area contributed by atoms with E-state index in [1.807, 2.05) is 18.5 Å². The highest BCUT2D eigenvalue weighted by molar-refractivity contribution is 5.42. The van der Waals surface area contributed by atoms with E-state index in [9.17, 15) is 0 Å². The second-order valence-electron chi connectivity index (χ2n) is 4.58. The predicted molar refractivity (Wildman–Crippen MR) is 69.4 cm³/mol. The fourth-order valence-electron chi connectivity index (χ4n) is 2.46. The van der Waals surface area contributed by atoms with Crippen LogP contribution in [0.5, 0.6) is 0 Å². The molecule has 1 N–H and O–H groups in total. The van der Waals surface area contributed by atoms with E-state index >= 15 is 0 Å². The number of benzene rings is 1. The standard InChI is InChI=1S/C14H17N3/c1-2-8-13(9-3-1)17-11-10-15-14(17)16-12-6-4-5-7-12/h1-3,8-12H,4-7H2,(H,15,16). The molecule has 0 saturated heterocycles. The van der Waals surface area contributed by atoms with Crippen LogP contribution in [-0.4, -0.2) is 15.6 Å². The zero-order valence-electron chi connectivity index (χ0n) is 9.84. The van der Waals surface area contributed by atoms with Crippen LogP contribution in [0.4, 0.5) is 5.95 Å². The molecule has 0 radical (unpaired) electrons. The summed E-state index contributed by atoms with van der Waals surface area (Å²) in [5, 5.41) is 3.54. The Balaban J connectivity index is 1.84. The topological polar surface area (TPSA) is 29.9 Å². The average Bonchev–Trinajstić information content (AvgIpc) is 3.02. The van der Waals surface area contributed by atoms with E-state index in [0.717, 1.165) is 11.6 Å². The first-order chi connectivity index (χ1) is 8.43. The number of aromatic nitrogens is 2. The molecule has 1 aromatic carbocycles. The quantitative estimate of drug-likeness (QED) is 0.872. The third-order valence-corrected chi connectivity index (χ3v) is 3.36. The molecule has 0 spiro atoms. The van der Waals surface area contributed by atoms with Gasteiger partial charge in [0.15, 0.2) is 0 Å². The lowest BCUT2D eigenvalue weighted by molar-refractivity contribution is 0.740. The van der Waals surface area contributed by atoms with Gasteiger partial charge in [-0.2, -0.15) is 0 Å². The molecule has 88 valence electrons. The summed E-state index contributed by atoms with van der Waals surface area (Å²) in [7, 11) is 0. The number of nitrogens with one attached hydrogen (secondary N) is 1. The van der Waals surface area contributed by atoms with Crippen molar-refractivity contribution in [3.05, 3.63) is 42.7 Å². The summed E-state index contributed by atoms with van der Waals surface area (Å²) in [6.45, 7) is 0. The van der Waals surface area contributed by atoms with Crippen LogP contribution in [0.2, 0.25) is 0 Å². The molecule has 0 unspecified atom stereocenters. The molecule has 2 aromatic rings. The first kappa shape index (κ1) is 10.4. The van der Waals surface area contributed by atoms with Crippen LogP contribution in [0.25, 0.3) is 5.69 Å². The lowest BCUT2D eigenvalue weighted by atomic mass is 10.2.